The number of aliphatic hydroxyl groups excluding tert-OH is 1. The van der Waals surface area contributed by atoms with Gasteiger partial charge in [-0.3, -0.25) is 9.59 Å². The number of carbonyl (C=O) groups is 2. The van der Waals surface area contributed by atoms with Gasteiger partial charge in [-0.1, -0.05) is 39.0 Å². The van der Waals surface area contributed by atoms with Crippen LogP contribution in [0.15, 0.2) is 41.8 Å². The molecule has 132 valence electrons. The number of aliphatic hydroxyl groups is 1. The van der Waals surface area contributed by atoms with Gasteiger partial charge in [0, 0.05) is 42.2 Å². The molecule has 1 aliphatic heterocycles. The maximum atomic E-state index is 12.8. The van der Waals surface area contributed by atoms with Crippen LogP contribution in [0.25, 0.3) is 10.9 Å². The normalized spacial score (nSPS) is 18.0. The van der Waals surface area contributed by atoms with Crippen molar-refractivity contribution < 1.29 is 14.7 Å². The highest BCUT2D eigenvalue weighted by atomic mass is 16.3. The first-order chi connectivity index (χ1) is 11.9. The number of rotatable bonds is 5. The summed E-state index contributed by atoms with van der Waals surface area (Å²) < 4.78 is 1.99. The van der Waals surface area contributed by atoms with Crippen molar-refractivity contribution in [1.29, 1.82) is 0 Å². The van der Waals surface area contributed by atoms with E-state index in [9.17, 15) is 14.7 Å². The highest BCUT2D eigenvalue weighted by Gasteiger charge is 2.44. The number of ketones is 1. The van der Waals surface area contributed by atoms with Gasteiger partial charge in [0.05, 0.1) is 11.6 Å². The molecule has 3 rings (SSSR count). The van der Waals surface area contributed by atoms with Crippen molar-refractivity contribution in [3.63, 3.8) is 0 Å². The minimum Gasteiger partial charge on any atom is -0.503 e. The van der Waals surface area contributed by atoms with E-state index in [0.29, 0.717) is 6.54 Å². The molecule has 1 aliphatic rings. The van der Waals surface area contributed by atoms with Gasteiger partial charge in [-0.15, -0.1) is 0 Å². The number of para-hydroxylation sites is 1. The first-order valence-corrected chi connectivity index (χ1v) is 8.70. The molecule has 2 aromatic rings. The van der Waals surface area contributed by atoms with Gasteiger partial charge in [0.15, 0.2) is 11.5 Å². The summed E-state index contributed by atoms with van der Waals surface area (Å²) in [6.45, 7) is 6.05. The fourth-order valence-electron chi connectivity index (χ4n) is 3.60. The van der Waals surface area contributed by atoms with E-state index in [1.807, 2.05) is 49.0 Å². The SMILES string of the molecule is CCCN1C(=O)C(O)=C(C(=O)C(C)C)C1c1cn(C)c2ccccc12. The van der Waals surface area contributed by atoms with E-state index in [1.54, 1.807) is 18.7 Å². The van der Waals surface area contributed by atoms with Crippen LogP contribution in [0.3, 0.4) is 0 Å². The van der Waals surface area contributed by atoms with Gasteiger partial charge in [0.2, 0.25) is 0 Å². The summed E-state index contributed by atoms with van der Waals surface area (Å²) in [6.07, 6.45) is 2.71. The van der Waals surface area contributed by atoms with E-state index >= 15 is 0 Å². The molecular weight excluding hydrogens is 316 g/mol. The predicted octanol–water partition coefficient (Wildman–Crippen LogP) is 3.51. The Labute approximate surface area is 147 Å². The van der Waals surface area contributed by atoms with Crippen LogP contribution in [-0.2, 0) is 16.6 Å². The van der Waals surface area contributed by atoms with Gasteiger partial charge >= 0.3 is 0 Å². The number of fused-ring (bicyclic) bond motifs is 1. The summed E-state index contributed by atoms with van der Waals surface area (Å²) in [6, 6.07) is 7.37. The van der Waals surface area contributed by atoms with E-state index in [1.165, 1.54) is 0 Å². The molecule has 0 saturated carbocycles. The van der Waals surface area contributed by atoms with Crippen LogP contribution in [0.1, 0.15) is 38.8 Å². The summed E-state index contributed by atoms with van der Waals surface area (Å²) >= 11 is 0. The summed E-state index contributed by atoms with van der Waals surface area (Å²) in [7, 11) is 1.94. The third kappa shape index (κ3) is 2.64. The van der Waals surface area contributed by atoms with Crippen molar-refractivity contribution in [2.75, 3.05) is 6.54 Å². The Kier molecular flexibility index (Phi) is 4.41. The second kappa shape index (κ2) is 6.39. The van der Waals surface area contributed by atoms with Crippen LogP contribution >= 0.6 is 0 Å². The Bertz CT molecular complexity index is 876. The van der Waals surface area contributed by atoms with Crippen LogP contribution in [-0.4, -0.2) is 32.8 Å². The number of hydrogen-bond acceptors (Lipinski definition) is 3. The Morgan fingerprint density at radius 1 is 1.28 bits per heavy atom. The molecule has 1 N–H and O–H groups in total. The molecule has 0 fully saturated rings. The van der Waals surface area contributed by atoms with Crippen molar-refractivity contribution in [3.05, 3.63) is 47.4 Å². The molecule has 1 aromatic heterocycles. The highest BCUT2D eigenvalue weighted by Crippen LogP contribution is 2.41. The second-order valence-electron chi connectivity index (χ2n) is 6.89. The summed E-state index contributed by atoms with van der Waals surface area (Å²) in [4.78, 5) is 27.0. The van der Waals surface area contributed by atoms with Gasteiger partial charge in [0.25, 0.3) is 5.91 Å². The number of nitrogens with zero attached hydrogens (tertiary/aromatic N) is 2. The van der Waals surface area contributed by atoms with Crippen molar-refractivity contribution in [3.8, 4) is 0 Å². The lowest BCUT2D eigenvalue weighted by Gasteiger charge is -2.26. The van der Waals surface area contributed by atoms with Crippen molar-refractivity contribution in [2.24, 2.45) is 13.0 Å². The number of amides is 1. The summed E-state index contributed by atoms with van der Waals surface area (Å²) in [5.41, 5.74) is 2.14. The highest BCUT2D eigenvalue weighted by molar-refractivity contribution is 6.10. The quantitative estimate of drug-likeness (QED) is 0.906. The minimum atomic E-state index is -0.534. The molecule has 1 aromatic carbocycles. The smallest absolute Gasteiger partial charge is 0.290 e. The maximum Gasteiger partial charge on any atom is 0.290 e. The Morgan fingerprint density at radius 3 is 2.60 bits per heavy atom. The zero-order valence-corrected chi connectivity index (χ0v) is 15.1. The molecule has 0 spiro atoms. The lowest BCUT2D eigenvalue weighted by atomic mass is 9.91. The molecule has 0 aliphatic carbocycles. The molecule has 5 heteroatoms. The van der Waals surface area contributed by atoms with Gasteiger partial charge in [-0.2, -0.15) is 0 Å². The Hall–Kier alpha value is -2.56. The number of hydrogen-bond donors (Lipinski definition) is 1. The largest absolute Gasteiger partial charge is 0.503 e. The van der Waals surface area contributed by atoms with Crippen LogP contribution in [0.4, 0.5) is 0 Å². The zero-order valence-electron chi connectivity index (χ0n) is 15.1. The first-order valence-electron chi connectivity index (χ1n) is 8.70. The fourth-order valence-corrected chi connectivity index (χ4v) is 3.60. The Balaban J connectivity index is 2.23. The first kappa shape index (κ1) is 17.3. The Morgan fingerprint density at radius 2 is 1.96 bits per heavy atom. The fraction of sp³-hybridized carbons (Fsp3) is 0.400. The lowest BCUT2D eigenvalue weighted by Crippen LogP contribution is -2.32. The van der Waals surface area contributed by atoms with E-state index in [0.717, 1.165) is 22.9 Å². The molecule has 25 heavy (non-hydrogen) atoms. The monoisotopic (exact) mass is 340 g/mol. The average molecular weight is 340 g/mol. The third-order valence-corrected chi connectivity index (χ3v) is 4.78. The van der Waals surface area contributed by atoms with Crippen LogP contribution in [0, 0.1) is 5.92 Å². The zero-order chi connectivity index (χ0) is 18.3. The lowest BCUT2D eigenvalue weighted by molar-refractivity contribution is -0.129. The van der Waals surface area contributed by atoms with Gasteiger partial charge < -0.3 is 14.6 Å². The van der Waals surface area contributed by atoms with E-state index in [4.69, 9.17) is 0 Å². The van der Waals surface area contributed by atoms with Crippen LogP contribution in [0.5, 0.6) is 0 Å². The number of aromatic nitrogens is 1. The van der Waals surface area contributed by atoms with E-state index < -0.39 is 17.7 Å². The van der Waals surface area contributed by atoms with Crippen LogP contribution < -0.4 is 0 Å². The number of aryl methyl sites for hydroxylation is 1. The van der Waals surface area contributed by atoms with Gasteiger partial charge in [0.1, 0.15) is 0 Å². The average Bonchev–Trinajstić information content (AvgIpc) is 3.04. The van der Waals surface area contributed by atoms with E-state index in [-0.39, 0.29) is 17.3 Å². The van der Waals surface area contributed by atoms with Gasteiger partial charge in [-0.25, -0.2) is 0 Å². The third-order valence-electron chi connectivity index (χ3n) is 4.78. The molecule has 1 amide bonds. The minimum absolute atomic E-state index is 0.178. The molecule has 0 radical (unpaired) electrons. The number of benzene rings is 1. The molecule has 1 unspecified atom stereocenters. The number of Topliss-reactive ketones (excluding diaryl/α,β-unsaturated/α-hetero) is 1. The molecule has 0 saturated heterocycles. The van der Waals surface area contributed by atoms with Crippen molar-refractivity contribution in [1.82, 2.24) is 9.47 Å². The molecule has 2 heterocycles. The molecule has 0 bridgehead atoms. The molecule has 5 nitrogen and oxygen atoms in total. The van der Waals surface area contributed by atoms with Crippen molar-refractivity contribution >= 4 is 22.6 Å². The van der Waals surface area contributed by atoms with E-state index in [2.05, 4.69) is 0 Å². The summed E-state index contributed by atoms with van der Waals surface area (Å²) in [5.74, 6) is -1.32. The standard InChI is InChI=1S/C20H24N2O3/c1-5-10-22-17(16(18(23)12(2)3)19(24)20(22)25)14-11-21(4)15-9-7-6-8-13(14)15/h6-9,11-12,17,24H,5,10H2,1-4H3. The molecular formula is C20H24N2O3. The van der Waals surface area contributed by atoms with Gasteiger partial charge in [-0.05, 0) is 12.5 Å². The van der Waals surface area contributed by atoms with Crippen molar-refractivity contribution in [2.45, 2.75) is 33.2 Å². The molecule has 1 atom stereocenters. The topological polar surface area (TPSA) is 62.5 Å². The number of carbonyl (C=O) groups excluding carboxylic acids is 2. The second-order valence-corrected chi connectivity index (χ2v) is 6.89. The maximum absolute atomic E-state index is 12.8. The van der Waals surface area contributed by atoms with Crippen LogP contribution in [0.2, 0.25) is 0 Å². The summed E-state index contributed by atoms with van der Waals surface area (Å²) in [5, 5.41) is 11.4. The predicted molar refractivity (Wildman–Crippen MR) is 97.2 cm³/mol.